The van der Waals surface area contributed by atoms with Gasteiger partial charge in [0.15, 0.2) is 0 Å². The number of aliphatic hydroxyl groups excluding tert-OH is 1. The fourth-order valence-electron chi connectivity index (χ4n) is 2.20. The number of nitrogens with one attached hydrogen (secondary N) is 1. The first-order valence-electron chi connectivity index (χ1n) is 6.49. The van der Waals surface area contributed by atoms with Gasteiger partial charge in [-0.25, -0.2) is 4.98 Å². The Labute approximate surface area is 117 Å². The maximum Gasteiger partial charge on any atom is 0.270 e. The number of amides is 1. The Balaban J connectivity index is 2.15. The van der Waals surface area contributed by atoms with Gasteiger partial charge in [0.2, 0.25) is 0 Å². The van der Waals surface area contributed by atoms with Crippen molar-refractivity contribution in [3.8, 4) is 6.07 Å². The summed E-state index contributed by atoms with van der Waals surface area (Å²) in [4.78, 5) is 16.3. The van der Waals surface area contributed by atoms with Crippen LogP contribution >= 0.6 is 0 Å². The van der Waals surface area contributed by atoms with Crippen LogP contribution in [0.4, 0.5) is 0 Å². The summed E-state index contributed by atoms with van der Waals surface area (Å²) >= 11 is 0. The first-order chi connectivity index (χ1) is 9.60. The minimum absolute atomic E-state index is 0.128. The van der Waals surface area contributed by atoms with Gasteiger partial charge >= 0.3 is 0 Å². The summed E-state index contributed by atoms with van der Waals surface area (Å²) in [7, 11) is 0. The molecule has 2 rings (SSSR count). The van der Waals surface area contributed by atoms with E-state index in [2.05, 4.69) is 10.3 Å². The van der Waals surface area contributed by atoms with E-state index in [4.69, 9.17) is 10.00 Å². The molecule has 1 aliphatic rings. The van der Waals surface area contributed by atoms with Gasteiger partial charge < -0.3 is 15.2 Å². The molecule has 0 saturated carbocycles. The number of hydrogen-bond donors (Lipinski definition) is 2. The molecule has 0 aliphatic carbocycles. The van der Waals surface area contributed by atoms with Crippen molar-refractivity contribution in [2.24, 2.45) is 0 Å². The zero-order valence-electron chi connectivity index (χ0n) is 11.3. The third kappa shape index (κ3) is 2.95. The summed E-state index contributed by atoms with van der Waals surface area (Å²) in [5.41, 5.74) is 0.578. The molecular formula is C14H17N3O3. The van der Waals surface area contributed by atoms with Crippen LogP contribution in [0.3, 0.4) is 0 Å². The van der Waals surface area contributed by atoms with Crippen molar-refractivity contribution in [2.75, 3.05) is 19.8 Å². The normalized spacial score (nSPS) is 17.2. The fourth-order valence-corrected chi connectivity index (χ4v) is 2.20. The predicted molar refractivity (Wildman–Crippen MR) is 71.0 cm³/mol. The van der Waals surface area contributed by atoms with Crippen LogP contribution in [-0.4, -0.2) is 41.4 Å². The highest BCUT2D eigenvalue weighted by Crippen LogP contribution is 2.20. The summed E-state index contributed by atoms with van der Waals surface area (Å²) in [5, 5.41) is 21.2. The van der Waals surface area contributed by atoms with Crippen LogP contribution in [0, 0.1) is 18.3 Å². The Morgan fingerprint density at radius 1 is 1.55 bits per heavy atom. The van der Waals surface area contributed by atoms with Crippen LogP contribution in [0.1, 0.15) is 34.6 Å². The number of hydrogen-bond acceptors (Lipinski definition) is 5. The quantitative estimate of drug-likeness (QED) is 0.839. The van der Waals surface area contributed by atoms with Crippen molar-refractivity contribution in [2.45, 2.75) is 25.3 Å². The van der Waals surface area contributed by atoms with Gasteiger partial charge in [-0.05, 0) is 31.9 Å². The summed E-state index contributed by atoms with van der Waals surface area (Å²) in [6, 6.07) is 5.11. The topological polar surface area (TPSA) is 95.2 Å². The molecule has 20 heavy (non-hydrogen) atoms. The Kier molecular flexibility index (Phi) is 4.32. The molecule has 6 nitrogen and oxygen atoms in total. The lowest BCUT2D eigenvalue weighted by molar-refractivity contribution is 0.0124. The van der Waals surface area contributed by atoms with Gasteiger partial charge in [0.1, 0.15) is 11.8 Å². The van der Waals surface area contributed by atoms with E-state index in [0.29, 0.717) is 37.3 Å². The highest BCUT2D eigenvalue weighted by atomic mass is 16.5. The van der Waals surface area contributed by atoms with Crippen LogP contribution in [0.2, 0.25) is 0 Å². The third-order valence-electron chi connectivity index (χ3n) is 3.57. The maximum atomic E-state index is 12.2. The van der Waals surface area contributed by atoms with Crippen LogP contribution in [0.25, 0.3) is 0 Å². The monoisotopic (exact) mass is 275 g/mol. The zero-order chi connectivity index (χ0) is 14.6. The average Bonchev–Trinajstić information content (AvgIpc) is 2.48. The number of carbonyl (C=O) groups excluding carboxylic acids is 1. The molecule has 0 unspecified atom stereocenters. The molecule has 1 aliphatic heterocycles. The van der Waals surface area contributed by atoms with E-state index in [1.54, 1.807) is 13.0 Å². The highest BCUT2D eigenvalue weighted by molar-refractivity contribution is 5.93. The number of rotatable bonds is 3. The van der Waals surface area contributed by atoms with E-state index in [0.717, 1.165) is 0 Å². The standard InChI is InChI=1S/C14H17N3O3/c1-10-11(8-15)2-3-12(16-10)13(19)17-14(9-18)4-6-20-7-5-14/h2-3,18H,4-7,9H2,1H3,(H,17,19). The van der Waals surface area contributed by atoms with E-state index in [1.165, 1.54) is 6.07 Å². The minimum atomic E-state index is -0.640. The molecule has 0 aromatic carbocycles. The van der Waals surface area contributed by atoms with E-state index in [-0.39, 0.29) is 18.2 Å². The van der Waals surface area contributed by atoms with Gasteiger partial charge in [-0.1, -0.05) is 0 Å². The summed E-state index contributed by atoms with van der Waals surface area (Å²) in [6.07, 6.45) is 1.15. The fraction of sp³-hybridized carbons (Fsp3) is 0.500. The largest absolute Gasteiger partial charge is 0.394 e. The number of nitrogens with zero attached hydrogens (tertiary/aromatic N) is 2. The van der Waals surface area contributed by atoms with E-state index in [9.17, 15) is 9.90 Å². The molecule has 1 fully saturated rings. The second-order valence-corrected chi connectivity index (χ2v) is 4.95. The van der Waals surface area contributed by atoms with Crippen molar-refractivity contribution < 1.29 is 14.6 Å². The molecule has 0 bridgehead atoms. The SMILES string of the molecule is Cc1nc(C(=O)NC2(CO)CCOCC2)ccc1C#N. The summed E-state index contributed by atoms with van der Waals surface area (Å²) < 4.78 is 5.25. The van der Waals surface area contributed by atoms with Gasteiger partial charge in [-0.15, -0.1) is 0 Å². The van der Waals surface area contributed by atoms with Crippen LogP contribution in [-0.2, 0) is 4.74 Å². The Morgan fingerprint density at radius 2 is 2.25 bits per heavy atom. The van der Waals surface area contributed by atoms with Gasteiger partial charge in [0.05, 0.1) is 23.4 Å². The Hall–Kier alpha value is -1.97. The molecule has 6 heteroatoms. The molecule has 2 heterocycles. The molecule has 0 spiro atoms. The first kappa shape index (κ1) is 14.4. The molecule has 0 radical (unpaired) electrons. The van der Waals surface area contributed by atoms with E-state index < -0.39 is 5.54 Å². The highest BCUT2D eigenvalue weighted by Gasteiger charge is 2.34. The lowest BCUT2D eigenvalue weighted by atomic mass is 9.91. The van der Waals surface area contributed by atoms with Crippen molar-refractivity contribution in [3.05, 3.63) is 29.1 Å². The van der Waals surface area contributed by atoms with Crippen molar-refractivity contribution in [3.63, 3.8) is 0 Å². The third-order valence-corrected chi connectivity index (χ3v) is 3.57. The lowest BCUT2D eigenvalue weighted by Gasteiger charge is -2.36. The number of aromatic nitrogens is 1. The van der Waals surface area contributed by atoms with Crippen LogP contribution in [0.15, 0.2) is 12.1 Å². The average molecular weight is 275 g/mol. The number of aliphatic hydroxyl groups is 1. The second-order valence-electron chi connectivity index (χ2n) is 4.95. The van der Waals surface area contributed by atoms with Crippen LogP contribution in [0.5, 0.6) is 0 Å². The van der Waals surface area contributed by atoms with Gasteiger partial charge in [0, 0.05) is 13.2 Å². The maximum absolute atomic E-state index is 12.2. The molecule has 1 aromatic rings. The molecule has 106 valence electrons. The number of aryl methyl sites for hydroxylation is 1. The lowest BCUT2D eigenvalue weighted by Crippen LogP contribution is -2.54. The van der Waals surface area contributed by atoms with Gasteiger partial charge in [-0.2, -0.15) is 5.26 Å². The number of nitriles is 1. The molecule has 1 saturated heterocycles. The summed E-state index contributed by atoms with van der Waals surface area (Å²) in [6.45, 7) is 2.59. The number of ether oxygens (including phenoxy) is 1. The Bertz CT molecular complexity index is 545. The zero-order valence-corrected chi connectivity index (χ0v) is 11.3. The van der Waals surface area contributed by atoms with E-state index in [1.807, 2.05) is 6.07 Å². The molecule has 0 atom stereocenters. The first-order valence-corrected chi connectivity index (χ1v) is 6.49. The second kappa shape index (κ2) is 5.99. The molecule has 1 amide bonds. The van der Waals surface area contributed by atoms with Gasteiger partial charge in [0.25, 0.3) is 5.91 Å². The van der Waals surface area contributed by atoms with Crippen molar-refractivity contribution in [1.82, 2.24) is 10.3 Å². The number of pyridine rings is 1. The van der Waals surface area contributed by atoms with Crippen molar-refractivity contribution >= 4 is 5.91 Å². The van der Waals surface area contributed by atoms with Gasteiger partial charge in [-0.3, -0.25) is 4.79 Å². The van der Waals surface area contributed by atoms with E-state index >= 15 is 0 Å². The van der Waals surface area contributed by atoms with Crippen LogP contribution < -0.4 is 5.32 Å². The summed E-state index contributed by atoms with van der Waals surface area (Å²) in [5.74, 6) is -0.339. The smallest absolute Gasteiger partial charge is 0.270 e. The molecule has 1 aromatic heterocycles. The Morgan fingerprint density at radius 3 is 2.80 bits per heavy atom. The predicted octanol–water partition coefficient (Wildman–Crippen LogP) is 0.533. The number of carbonyl (C=O) groups is 1. The van der Waals surface area contributed by atoms with Crippen molar-refractivity contribution in [1.29, 1.82) is 5.26 Å². The minimum Gasteiger partial charge on any atom is -0.394 e. The molecular weight excluding hydrogens is 258 g/mol. The molecule has 2 N–H and O–H groups in total.